The smallest absolute Gasteiger partial charge is 0.0538 e. The van der Waals surface area contributed by atoms with Crippen molar-refractivity contribution in [2.24, 2.45) is 0 Å². The van der Waals surface area contributed by atoms with E-state index in [0.29, 0.717) is 0 Å². The normalized spacial score (nSPS) is 11.3. The first kappa shape index (κ1) is 57.0. The molecule has 2 aromatic heterocycles. The summed E-state index contributed by atoms with van der Waals surface area (Å²) < 4.78 is 4.87. The predicted octanol–water partition coefficient (Wildman–Crippen LogP) is 24.8. The summed E-state index contributed by atoms with van der Waals surface area (Å²) in [7, 11) is 0. The second-order valence-corrected chi connectivity index (χ2v) is 24.1. The van der Waals surface area contributed by atoms with Crippen molar-refractivity contribution in [3.05, 3.63) is 375 Å². The molecule has 0 aliphatic rings. The van der Waals surface area contributed by atoms with E-state index in [2.05, 4.69) is 397 Å². The standard InChI is InChI=1S/C90H66N4/c1-63-89(73-29-17-7-18-30-73)85-61-75(41-59-87(85)91(63)77-51-55-83(56-52-77)93(79-43-33-69(34-44-79)65-21-9-3-10-22-65)80-45-35-70(36-46-80)66-23-11-4-12-24-66)76-42-60-88-86(62-76)90(74-31-19-8-20-32-74)64(2)92(88)78-53-57-84(58-54-78)94(81-47-37-71(38-48-81)67-25-13-5-14-26-67)82-49-39-72(40-50-82)68-27-15-6-16-28-68/h3-62H,1-2H3. The SMILES string of the molecule is Cc1c(-c2ccccc2)c2cc(-c3ccc4c(c3)c(-c3ccccc3)c(C)n4-c3ccc(N(c4ccc(-c5ccccc5)cc4)c4ccc(-c5ccccc5)cc4)cc3)ccc2n1-c1ccc(N(c2ccc(-c3ccccc3)cc2)c2ccc(-c3ccccc3)cc2)cc1. The van der Waals surface area contributed by atoms with Crippen molar-refractivity contribution in [3.8, 4) is 89.3 Å². The van der Waals surface area contributed by atoms with E-state index in [9.17, 15) is 0 Å². The monoisotopic (exact) mass is 1200 g/mol. The van der Waals surface area contributed by atoms with E-state index in [0.717, 1.165) is 67.7 Å². The predicted molar refractivity (Wildman–Crippen MR) is 397 cm³/mol. The lowest BCUT2D eigenvalue weighted by atomic mass is 9.96. The Kier molecular flexibility index (Phi) is 15.1. The summed E-state index contributed by atoms with van der Waals surface area (Å²) in [5, 5.41) is 2.41. The van der Waals surface area contributed by atoms with Gasteiger partial charge < -0.3 is 18.9 Å². The van der Waals surface area contributed by atoms with Crippen molar-refractivity contribution in [1.82, 2.24) is 9.13 Å². The van der Waals surface area contributed by atoms with Crippen LogP contribution in [0.15, 0.2) is 364 Å². The van der Waals surface area contributed by atoms with Crippen LogP contribution in [0.2, 0.25) is 0 Å². The summed E-state index contributed by atoms with van der Waals surface area (Å²) in [6, 6.07) is 132. The van der Waals surface area contributed by atoms with Gasteiger partial charge in [-0.2, -0.15) is 0 Å². The van der Waals surface area contributed by atoms with Gasteiger partial charge in [-0.05, 0) is 202 Å². The summed E-state index contributed by atoms with van der Waals surface area (Å²) in [6.07, 6.45) is 0. The fourth-order valence-corrected chi connectivity index (χ4v) is 13.9. The van der Waals surface area contributed by atoms with E-state index < -0.39 is 0 Å². The molecule has 94 heavy (non-hydrogen) atoms. The van der Waals surface area contributed by atoms with Gasteiger partial charge in [-0.15, -0.1) is 0 Å². The summed E-state index contributed by atoms with van der Waals surface area (Å²) in [5.41, 5.74) is 30.0. The minimum absolute atomic E-state index is 1.07. The molecule has 4 nitrogen and oxygen atoms in total. The molecule has 0 saturated heterocycles. The average Bonchev–Trinajstić information content (AvgIpc) is 1.58. The third-order valence-corrected chi connectivity index (χ3v) is 18.5. The largest absolute Gasteiger partial charge is 0.313 e. The highest BCUT2D eigenvalue weighted by molar-refractivity contribution is 6.04. The molecule has 14 aromatic carbocycles. The number of benzene rings is 14. The van der Waals surface area contributed by atoms with Crippen molar-refractivity contribution in [2.75, 3.05) is 9.80 Å². The minimum Gasteiger partial charge on any atom is -0.313 e. The molecule has 0 spiro atoms. The average molecular weight is 1200 g/mol. The second kappa shape index (κ2) is 24.9. The van der Waals surface area contributed by atoms with Gasteiger partial charge in [0.15, 0.2) is 0 Å². The Morgan fingerprint density at radius 2 is 0.394 bits per heavy atom. The molecule has 0 saturated carbocycles. The first-order chi connectivity index (χ1) is 46.5. The van der Waals surface area contributed by atoms with Crippen molar-refractivity contribution in [2.45, 2.75) is 13.8 Å². The maximum Gasteiger partial charge on any atom is 0.0538 e. The van der Waals surface area contributed by atoms with Crippen molar-refractivity contribution in [1.29, 1.82) is 0 Å². The molecule has 2 heterocycles. The van der Waals surface area contributed by atoms with Crippen LogP contribution in [0.25, 0.3) is 111 Å². The highest BCUT2D eigenvalue weighted by atomic mass is 15.1. The van der Waals surface area contributed by atoms with Gasteiger partial charge in [0, 0.05) is 78.8 Å². The molecule has 0 atom stereocenters. The lowest BCUT2D eigenvalue weighted by Gasteiger charge is -2.26. The second-order valence-electron chi connectivity index (χ2n) is 24.1. The number of rotatable bonds is 15. The Hall–Kier alpha value is -12.2. The van der Waals surface area contributed by atoms with Crippen LogP contribution in [0, 0.1) is 13.8 Å². The van der Waals surface area contributed by atoms with Gasteiger partial charge in [-0.3, -0.25) is 0 Å². The maximum absolute atomic E-state index is 2.44. The molecular formula is C90H66N4. The van der Waals surface area contributed by atoms with Crippen LogP contribution in [0.1, 0.15) is 11.4 Å². The molecule has 16 rings (SSSR count). The van der Waals surface area contributed by atoms with Crippen LogP contribution in [-0.4, -0.2) is 9.13 Å². The van der Waals surface area contributed by atoms with E-state index in [1.807, 2.05) is 0 Å². The number of hydrogen-bond donors (Lipinski definition) is 0. The molecule has 4 heteroatoms. The topological polar surface area (TPSA) is 16.3 Å². The Labute approximate surface area is 550 Å². The number of fused-ring (bicyclic) bond motifs is 2. The highest BCUT2D eigenvalue weighted by Crippen LogP contribution is 2.45. The zero-order chi connectivity index (χ0) is 62.9. The summed E-state index contributed by atoms with van der Waals surface area (Å²) >= 11 is 0. The zero-order valence-corrected chi connectivity index (χ0v) is 52.4. The van der Waals surface area contributed by atoms with E-state index in [1.165, 1.54) is 88.9 Å². The molecule has 0 aliphatic carbocycles. The minimum atomic E-state index is 1.07. The number of hydrogen-bond acceptors (Lipinski definition) is 2. The molecule has 0 amide bonds. The van der Waals surface area contributed by atoms with Crippen LogP contribution in [0.4, 0.5) is 34.1 Å². The molecule has 0 bridgehead atoms. The Bertz CT molecular complexity index is 4770. The van der Waals surface area contributed by atoms with Crippen LogP contribution in [0.3, 0.4) is 0 Å². The summed E-state index contributed by atoms with van der Waals surface area (Å²) in [6.45, 7) is 4.54. The molecule has 0 unspecified atom stereocenters. The fraction of sp³-hybridized carbons (Fsp3) is 0.0222. The van der Waals surface area contributed by atoms with E-state index >= 15 is 0 Å². The van der Waals surface area contributed by atoms with Gasteiger partial charge in [-0.1, -0.05) is 243 Å². The maximum atomic E-state index is 2.44. The molecule has 0 N–H and O–H groups in total. The van der Waals surface area contributed by atoms with Crippen LogP contribution in [0.5, 0.6) is 0 Å². The molecular weight excluding hydrogens is 1140 g/mol. The number of aromatic nitrogens is 2. The fourth-order valence-electron chi connectivity index (χ4n) is 13.9. The first-order valence-electron chi connectivity index (χ1n) is 32.3. The Balaban J connectivity index is 0.764. The third kappa shape index (κ3) is 10.8. The summed E-state index contributed by atoms with van der Waals surface area (Å²) in [5.74, 6) is 0. The van der Waals surface area contributed by atoms with Gasteiger partial charge in [0.25, 0.3) is 0 Å². The third-order valence-electron chi connectivity index (χ3n) is 18.5. The number of nitrogens with zero attached hydrogens (tertiary/aromatic N) is 4. The van der Waals surface area contributed by atoms with Crippen molar-refractivity contribution in [3.63, 3.8) is 0 Å². The van der Waals surface area contributed by atoms with E-state index in [4.69, 9.17) is 0 Å². The first-order valence-corrected chi connectivity index (χ1v) is 32.3. The van der Waals surface area contributed by atoms with Crippen LogP contribution < -0.4 is 9.80 Å². The molecule has 0 aliphatic heterocycles. The highest BCUT2D eigenvalue weighted by Gasteiger charge is 2.23. The number of anilines is 6. The van der Waals surface area contributed by atoms with Gasteiger partial charge in [0.05, 0.1) is 11.0 Å². The molecule has 446 valence electrons. The van der Waals surface area contributed by atoms with E-state index in [1.54, 1.807) is 0 Å². The Morgan fingerprint density at radius 3 is 0.638 bits per heavy atom. The van der Waals surface area contributed by atoms with Gasteiger partial charge in [-0.25, -0.2) is 0 Å². The van der Waals surface area contributed by atoms with Crippen LogP contribution in [-0.2, 0) is 0 Å². The van der Waals surface area contributed by atoms with Gasteiger partial charge >= 0.3 is 0 Å². The quantitative estimate of drug-likeness (QED) is 0.102. The molecule has 0 radical (unpaired) electrons. The zero-order valence-electron chi connectivity index (χ0n) is 52.4. The summed E-state index contributed by atoms with van der Waals surface area (Å²) in [4.78, 5) is 4.71. The van der Waals surface area contributed by atoms with Crippen molar-refractivity contribution >= 4 is 55.9 Å². The van der Waals surface area contributed by atoms with Crippen molar-refractivity contribution < 1.29 is 0 Å². The lowest BCUT2D eigenvalue weighted by Crippen LogP contribution is -2.10. The van der Waals surface area contributed by atoms with E-state index in [-0.39, 0.29) is 0 Å². The van der Waals surface area contributed by atoms with Crippen LogP contribution >= 0.6 is 0 Å². The van der Waals surface area contributed by atoms with Gasteiger partial charge in [0.2, 0.25) is 0 Å². The Morgan fingerprint density at radius 1 is 0.191 bits per heavy atom. The lowest BCUT2D eigenvalue weighted by molar-refractivity contribution is 1.05. The molecule has 0 fully saturated rings. The molecule has 16 aromatic rings. The van der Waals surface area contributed by atoms with Gasteiger partial charge in [0.1, 0.15) is 0 Å².